The fraction of sp³-hybridized carbons (Fsp3) is 0.148. The lowest BCUT2D eigenvalue weighted by molar-refractivity contribution is -0.116. The number of rotatable bonds is 8. The summed E-state index contributed by atoms with van der Waals surface area (Å²) in [4.78, 5) is 32.1. The van der Waals surface area contributed by atoms with Crippen molar-refractivity contribution in [2.75, 3.05) is 25.5 Å². The van der Waals surface area contributed by atoms with E-state index in [2.05, 4.69) is 10.3 Å². The Morgan fingerprint density at radius 3 is 2.35 bits per heavy atom. The summed E-state index contributed by atoms with van der Waals surface area (Å²) in [6, 6.07) is 26.3. The number of carbonyl (C=O) groups is 2. The topological polar surface area (TPSA) is 76.5 Å². The number of benzene rings is 3. The first-order valence-corrected chi connectivity index (χ1v) is 11.0. The standard InChI is InChI=1S/C27H26N4O3/c1-3-30(26(33)21-13-10-16-23(17-21)34-2)19-25(32)29-27-28-24(20-11-6-4-7-12-20)18-31(27)22-14-8-5-9-15-22/h4-18H,3,19H2,1-2H3,(H,28,29,32). The quantitative estimate of drug-likeness (QED) is 0.421. The number of methoxy groups -OCH3 is 1. The van der Waals surface area contributed by atoms with Gasteiger partial charge in [0.05, 0.1) is 12.8 Å². The van der Waals surface area contributed by atoms with Crippen molar-refractivity contribution in [3.8, 4) is 22.7 Å². The zero-order chi connectivity index (χ0) is 23.9. The van der Waals surface area contributed by atoms with Gasteiger partial charge in [-0.05, 0) is 37.3 Å². The highest BCUT2D eigenvalue weighted by atomic mass is 16.5. The van der Waals surface area contributed by atoms with E-state index in [4.69, 9.17) is 4.74 Å². The molecule has 3 aromatic carbocycles. The molecule has 7 nitrogen and oxygen atoms in total. The van der Waals surface area contributed by atoms with Crippen LogP contribution in [0.5, 0.6) is 5.75 Å². The number of nitrogens with one attached hydrogen (secondary N) is 1. The average Bonchev–Trinajstić information content (AvgIpc) is 3.31. The molecule has 0 atom stereocenters. The predicted octanol–water partition coefficient (Wildman–Crippen LogP) is 4.65. The van der Waals surface area contributed by atoms with Crippen molar-refractivity contribution < 1.29 is 14.3 Å². The lowest BCUT2D eigenvalue weighted by Crippen LogP contribution is -2.38. The SMILES string of the molecule is CCN(CC(=O)Nc1nc(-c2ccccc2)cn1-c1ccccc1)C(=O)c1cccc(OC)c1. The van der Waals surface area contributed by atoms with Crippen LogP contribution in [0.1, 0.15) is 17.3 Å². The Morgan fingerprint density at radius 2 is 1.68 bits per heavy atom. The van der Waals surface area contributed by atoms with Gasteiger partial charge in [0, 0.05) is 29.6 Å². The summed E-state index contributed by atoms with van der Waals surface area (Å²) >= 11 is 0. The van der Waals surface area contributed by atoms with Gasteiger partial charge < -0.3 is 9.64 Å². The van der Waals surface area contributed by atoms with Crippen LogP contribution in [0.15, 0.2) is 91.1 Å². The van der Waals surface area contributed by atoms with Crippen LogP contribution < -0.4 is 10.1 Å². The van der Waals surface area contributed by atoms with Gasteiger partial charge in [-0.25, -0.2) is 4.98 Å². The van der Waals surface area contributed by atoms with Gasteiger partial charge in [-0.2, -0.15) is 0 Å². The molecule has 0 unspecified atom stereocenters. The normalized spacial score (nSPS) is 10.5. The van der Waals surface area contributed by atoms with E-state index in [1.54, 1.807) is 31.4 Å². The lowest BCUT2D eigenvalue weighted by atomic mass is 10.2. The Hall–Kier alpha value is -4.39. The third kappa shape index (κ3) is 5.15. The van der Waals surface area contributed by atoms with E-state index >= 15 is 0 Å². The maximum Gasteiger partial charge on any atom is 0.254 e. The van der Waals surface area contributed by atoms with Crippen molar-refractivity contribution in [3.63, 3.8) is 0 Å². The number of carbonyl (C=O) groups excluding carboxylic acids is 2. The summed E-state index contributed by atoms with van der Waals surface area (Å²) in [5.74, 6) is 0.401. The van der Waals surface area contributed by atoms with E-state index in [0.29, 0.717) is 23.8 Å². The first kappa shape index (κ1) is 22.8. The van der Waals surface area contributed by atoms with Gasteiger partial charge in [-0.3, -0.25) is 19.5 Å². The molecule has 0 aliphatic heterocycles. The monoisotopic (exact) mass is 454 g/mol. The molecule has 0 bridgehead atoms. The first-order valence-electron chi connectivity index (χ1n) is 11.0. The van der Waals surface area contributed by atoms with Crippen molar-refractivity contribution in [3.05, 3.63) is 96.7 Å². The molecule has 7 heteroatoms. The molecule has 1 heterocycles. The highest BCUT2D eigenvalue weighted by Crippen LogP contribution is 2.24. The lowest BCUT2D eigenvalue weighted by Gasteiger charge is -2.20. The van der Waals surface area contributed by atoms with Crippen molar-refractivity contribution in [2.24, 2.45) is 0 Å². The fourth-order valence-corrected chi connectivity index (χ4v) is 3.61. The third-order valence-corrected chi connectivity index (χ3v) is 5.38. The minimum absolute atomic E-state index is 0.102. The smallest absolute Gasteiger partial charge is 0.254 e. The summed E-state index contributed by atoms with van der Waals surface area (Å²) in [5, 5.41) is 2.89. The van der Waals surface area contributed by atoms with Crippen LogP contribution in [0.4, 0.5) is 5.95 Å². The van der Waals surface area contributed by atoms with Gasteiger partial charge in [0.25, 0.3) is 5.91 Å². The summed E-state index contributed by atoms with van der Waals surface area (Å²) in [6.07, 6.45) is 1.89. The van der Waals surface area contributed by atoms with Crippen LogP contribution in [0.3, 0.4) is 0 Å². The van der Waals surface area contributed by atoms with Gasteiger partial charge in [0.1, 0.15) is 12.3 Å². The Balaban J connectivity index is 1.56. The van der Waals surface area contributed by atoms with E-state index in [0.717, 1.165) is 16.9 Å². The van der Waals surface area contributed by atoms with E-state index in [-0.39, 0.29) is 18.4 Å². The van der Waals surface area contributed by atoms with Gasteiger partial charge >= 0.3 is 0 Å². The Bertz CT molecular complexity index is 1270. The van der Waals surface area contributed by atoms with Crippen LogP contribution >= 0.6 is 0 Å². The molecular formula is C27H26N4O3. The highest BCUT2D eigenvalue weighted by molar-refractivity contribution is 5.99. The van der Waals surface area contributed by atoms with Crippen LogP contribution in [-0.4, -0.2) is 46.5 Å². The molecule has 0 aliphatic rings. The number of imidazole rings is 1. The van der Waals surface area contributed by atoms with Crippen molar-refractivity contribution >= 4 is 17.8 Å². The molecule has 4 aromatic rings. The molecule has 0 fully saturated rings. The van der Waals surface area contributed by atoms with Crippen molar-refractivity contribution in [1.82, 2.24) is 14.5 Å². The van der Waals surface area contributed by atoms with Crippen LogP contribution in [0.25, 0.3) is 16.9 Å². The minimum atomic E-state index is -0.333. The fourth-order valence-electron chi connectivity index (χ4n) is 3.61. The molecule has 1 N–H and O–H groups in total. The van der Waals surface area contributed by atoms with Crippen LogP contribution in [-0.2, 0) is 4.79 Å². The van der Waals surface area contributed by atoms with E-state index in [1.807, 2.05) is 78.4 Å². The number of hydrogen-bond acceptors (Lipinski definition) is 4. The van der Waals surface area contributed by atoms with Gasteiger partial charge in [-0.1, -0.05) is 54.6 Å². The molecule has 0 spiro atoms. The third-order valence-electron chi connectivity index (χ3n) is 5.38. The zero-order valence-corrected chi connectivity index (χ0v) is 19.1. The van der Waals surface area contributed by atoms with E-state index in [9.17, 15) is 9.59 Å². The number of anilines is 1. The summed E-state index contributed by atoms with van der Waals surface area (Å²) in [7, 11) is 1.55. The number of amides is 2. The van der Waals surface area contributed by atoms with E-state index in [1.165, 1.54) is 4.90 Å². The number of likely N-dealkylation sites (N-methyl/N-ethyl adjacent to an activating group) is 1. The molecule has 0 saturated carbocycles. The molecule has 172 valence electrons. The number of nitrogens with zero attached hydrogens (tertiary/aromatic N) is 3. The Labute approximate surface area is 198 Å². The minimum Gasteiger partial charge on any atom is -0.497 e. The maximum absolute atomic E-state index is 13.0. The summed E-state index contributed by atoms with van der Waals surface area (Å²) in [5.41, 5.74) is 3.01. The second-order valence-corrected chi connectivity index (χ2v) is 7.62. The average molecular weight is 455 g/mol. The molecule has 2 amide bonds. The van der Waals surface area contributed by atoms with Gasteiger partial charge in [0.15, 0.2) is 0 Å². The second-order valence-electron chi connectivity index (χ2n) is 7.62. The van der Waals surface area contributed by atoms with Crippen molar-refractivity contribution in [2.45, 2.75) is 6.92 Å². The van der Waals surface area contributed by atoms with E-state index < -0.39 is 0 Å². The Morgan fingerprint density at radius 1 is 0.971 bits per heavy atom. The highest BCUT2D eigenvalue weighted by Gasteiger charge is 2.20. The molecule has 0 saturated heterocycles. The van der Waals surface area contributed by atoms with Gasteiger partial charge in [-0.15, -0.1) is 0 Å². The Kier molecular flexibility index (Phi) is 7.03. The molecular weight excluding hydrogens is 428 g/mol. The molecule has 4 rings (SSSR count). The molecule has 34 heavy (non-hydrogen) atoms. The summed E-state index contributed by atoms with van der Waals surface area (Å²) < 4.78 is 7.05. The van der Waals surface area contributed by atoms with Crippen molar-refractivity contribution in [1.29, 1.82) is 0 Å². The molecule has 0 aliphatic carbocycles. The largest absolute Gasteiger partial charge is 0.497 e. The number of ether oxygens (including phenoxy) is 1. The number of aromatic nitrogens is 2. The van der Waals surface area contributed by atoms with Crippen LogP contribution in [0, 0.1) is 0 Å². The zero-order valence-electron chi connectivity index (χ0n) is 19.1. The molecule has 0 radical (unpaired) electrons. The first-order chi connectivity index (χ1) is 16.6. The van der Waals surface area contributed by atoms with Gasteiger partial charge in [0.2, 0.25) is 11.9 Å². The predicted molar refractivity (Wildman–Crippen MR) is 132 cm³/mol. The number of hydrogen-bond donors (Lipinski definition) is 1. The van der Waals surface area contributed by atoms with Crippen LogP contribution in [0.2, 0.25) is 0 Å². The number of para-hydroxylation sites is 1. The second kappa shape index (κ2) is 10.5. The summed E-state index contributed by atoms with van der Waals surface area (Å²) in [6.45, 7) is 2.12. The molecule has 1 aromatic heterocycles. The maximum atomic E-state index is 13.0.